The number of hydrogen-bond donors (Lipinski definition) is 1. The Labute approximate surface area is 105 Å². The van der Waals surface area contributed by atoms with E-state index in [0.29, 0.717) is 0 Å². The normalized spacial score (nSPS) is 12.7. The standard InChI is InChI=1S/C13H14ClNS/c1-9-2-3-10(12(14)6-9)7-13(15)11-4-5-16-8-11/h2-6,8,13H,7,15H2,1H3. The molecule has 84 valence electrons. The Morgan fingerprint density at radius 1 is 1.38 bits per heavy atom. The second kappa shape index (κ2) is 5.00. The van der Waals surface area contributed by atoms with Crippen molar-refractivity contribution in [3.63, 3.8) is 0 Å². The highest BCUT2D eigenvalue weighted by atomic mass is 35.5. The molecule has 1 aromatic carbocycles. The van der Waals surface area contributed by atoms with Crippen molar-refractivity contribution >= 4 is 22.9 Å². The van der Waals surface area contributed by atoms with Crippen LogP contribution >= 0.6 is 22.9 Å². The first-order valence-corrected chi connectivity index (χ1v) is 6.51. The molecular formula is C13H14ClNS. The third-order valence-electron chi connectivity index (χ3n) is 2.62. The molecule has 0 aliphatic heterocycles. The quantitative estimate of drug-likeness (QED) is 0.878. The van der Waals surface area contributed by atoms with Crippen molar-refractivity contribution in [1.29, 1.82) is 0 Å². The number of nitrogens with two attached hydrogens (primary N) is 1. The minimum Gasteiger partial charge on any atom is -0.324 e. The Hall–Kier alpha value is -0.830. The van der Waals surface area contributed by atoms with Gasteiger partial charge >= 0.3 is 0 Å². The van der Waals surface area contributed by atoms with Gasteiger partial charge in [0.1, 0.15) is 0 Å². The largest absolute Gasteiger partial charge is 0.324 e. The molecule has 0 saturated carbocycles. The second-order valence-corrected chi connectivity index (χ2v) is 5.15. The molecule has 1 nitrogen and oxygen atoms in total. The highest BCUT2D eigenvalue weighted by Crippen LogP contribution is 2.24. The van der Waals surface area contributed by atoms with Crippen molar-refractivity contribution in [2.45, 2.75) is 19.4 Å². The highest BCUT2D eigenvalue weighted by molar-refractivity contribution is 7.07. The minimum absolute atomic E-state index is 0.0338. The molecule has 3 heteroatoms. The average Bonchev–Trinajstić information content (AvgIpc) is 2.75. The van der Waals surface area contributed by atoms with E-state index in [1.54, 1.807) is 11.3 Å². The molecule has 1 atom stereocenters. The molecule has 2 rings (SSSR count). The summed E-state index contributed by atoms with van der Waals surface area (Å²) in [6, 6.07) is 8.21. The molecule has 0 aliphatic rings. The van der Waals surface area contributed by atoms with Crippen molar-refractivity contribution in [3.05, 3.63) is 56.7 Å². The van der Waals surface area contributed by atoms with Crippen molar-refractivity contribution in [3.8, 4) is 0 Å². The van der Waals surface area contributed by atoms with Crippen LogP contribution in [0.2, 0.25) is 5.02 Å². The molecule has 2 aromatic rings. The van der Waals surface area contributed by atoms with Crippen LogP contribution in [-0.2, 0) is 6.42 Å². The molecule has 16 heavy (non-hydrogen) atoms. The summed E-state index contributed by atoms with van der Waals surface area (Å²) in [7, 11) is 0. The van der Waals surface area contributed by atoms with Crippen molar-refractivity contribution in [1.82, 2.24) is 0 Å². The van der Waals surface area contributed by atoms with Gasteiger partial charge in [-0.1, -0.05) is 23.7 Å². The van der Waals surface area contributed by atoms with Crippen molar-refractivity contribution in [2.75, 3.05) is 0 Å². The van der Waals surface area contributed by atoms with Crippen molar-refractivity contribution in [2.24, 2.45) is 5.73 Å². The molecule has 0 radical (unpaired) electrons. The average molecular weight is 252 g/mol. The summed E-state index contributed by atoms with van der Waals surface area (Å²) in [5, 5.41) is 4.95. The van der Waals surface area contributed by atoms with Crippen LogP contribution < -0.4 is 5.73 Å². The number of halogens is 1. The second-order valence-electron chi connectivity index (χ2n) is 3.96. The third kappa shape index (κ3) is 2.64. The van der Waals surface area contributed by atoms with Gasteiger partial charge in [0, 0.05) is 11.1 Å². The van der Waals surface area contributed by atoms with Crippen LogP contribution in [0.15, 0.2) is 35.0 Å². The Bertz CT molecular complexity index is 465. The summed E-state index contributed by atoms with van der Waals surface area (Å²) < 4.78 is 0. The zero-order valence-electron chi connectivity index (χ0n) is 9.11. The van der Waals surface area contributed by atoms with Gasteiger partial charge < -0.3 is 5.73 Å². The lowest BCUT2D eigenvalue weighted by molar-refractivity contribution is 0.725. The predicted octanol–water partition coefficient (Wildman–Crippen LogP) is 3.95. The van der Waals surface area contributed by atoms with Crippen LogP contribution in [0.3, 0.4) is 0 Å². The van der Waals surface area contributed by atoms with E-state index in [2.05, 4.69) is 23.6 Å². The molecule has 0 saturated heterocycles. The number of hydrogen-bond acceptors (Lipinski definition) is 2. The molecule has 0 bridgehead atoms. The molecule has 1 aromatic heterocycles. The zero-order chi connectivity index (χ0) is 11.5. The van der Waals surface area contributed by atoms with E-state index < -0.39 is 0 Å². The fourth-order valence-corrected chi connectivity index (χ4v) is 2.70. The Balaban J connectivity index is 2.15. The first kappa shape index (κ1) is 11.6. The van der Waals surface area contributed by atoms with Crippen LogP contribution in [0.25, 0.3) is 0 Å². The summed E-state index contributed by atoms with van der Waals surface area (Å²) in [5.74, 6) is 0. The molecule has 1 unspecified atom stereocenters. The van der Waals surface area contributed by atoms with Crippen LogP contribution in [0.4, 0.5) is 0 Å². The number of benzene rings is 1. The molecule has 0 aliphatic carbocycles. The van der Waals surface area contributed by atoms with E-state index in [1.807, 2.05) is 18.4 Å². The van der Waals surface area contributed by atoms with Gasteiger partial charge in [-0.05, 0) is 52.9 Å². The summed E-state index contributed by atoms with van der Waals surface area (Å²) in [6.45, 7) is 2.04. The third-order valence-corrected chi connectivity index (χ3v) is 3.67. The molecule has 0 amide bonds. The molecule has 0 fully saturated rings. The molecular weight excluding hydrogens is 238 g/mol. The van der Waals surface area contributed by atoms with Gasteiger partial charge in [-0.15, -0.1) is 0 Å². The minimum atomic E-state index is 0.0338. The predicted molar refractivity (Wildman–Crippen MR) is 71.1 cm³/mol. The van der Waals surface area contributed by atoms with Gasteiger partial charge in [0.2, 0.25) is 0 Å². The first-order valence-electron chi connectivity index (χ1n) is 5.19. The van der Waals surface area contributed by atoms with E-state index in [4.69, 9.17) is 17.3 Å². The fourth-order valence-electron chi connectivity index (χ4n) is 1.66. The van der Waals surface area contributed by atoms with E-state index in [-0.39, 0.29) is 6.04 Å². The maximum absolute atomic E-state index is 6.18. The molecule has 1 heterocycles. The van der Waals surface area contributed by atoms with Gasteiger partial charge in [-0.2, -0.15) is 11.3 Å². The Morgan fingerprint density at radius 2 is 2.19 bits per heavy atom. The van der Waals surface area contributed by atoms with Crippen LogP contribution in [-0.4, -0.2) is 0 Å². The van der Waals surface area contributed by atoms with Gasteiger partial charge in [-0.3, -0.25) is 0 Å². The maximum Gasteiger partial charge on any atom is 0.0441 e. The van der Waals surface area contributed by atoms with E-state index in [1.165, 1.54) is 11.1 Å². The highest BCUT2D eigenvalue weighted by Gasteiger charge is 2.09. The monoisotopic (exact) mass is 251 g/mol. The van der Waals surface area contributed by atoms with Gasteiger partial charge in [0.05, 0.1) is 0 Å². The maximum atomic E-state index is 6.18. The van der Waals surface area contributed by atoms with E-state index in [0.717, 1.165) is 17.0 Å². The summed E-state index contributed by atoms with van der Waals surface area (Å²) in [5.41, 5.74) is 9.60. The van der Waals surface area contributed by atoms with E-state index in [9.17, 15) is 0 Å². The van der Waals surface area contributed by atoms with Crippen LogP contribution in [0, 0.1) is 6.92 Å². The SMILES string of the molecule is Cc1ccc(CC(N)c2ccsc2)c(Cl)c1. The van der Waals surface area contributed by atoms with Gasteiger partial charge in [-0.25, -0.2) is 0 Å². The lowest BCUT2D eigenvalue weighted by Crippen LogP contribution is -2.12. The number of rotatable bonds is 3. The topological polar surface area (TPSA) is 26.0 Å². The van der Waals surface area contributed by atoms with Crippen LogP contribution in [0.5, 0.6) is 0 Å². The Morgan fingerprint density at radius 3 is 2.81 bits per heavy atom. The lowest BCUT2D eigenvalue weighted by atomic mass is 10.0. The number of aryl methyl sites for hydroxylation is 1. The first-order chi connectivity index (χ1) is 7.66. The summed E-state index contributed by atoms with van der Waals surface area (Å²) in [4.78, 5) is 0. The summed E-state index contributed by atoms with van der Waals surface area (Å²) in [6.07, 6.45) is 0.788. The molecule has 0 spiro atoms. The zero-order valence-corrected chi connectivity index (χ0v) is 10.7. The van der Waals surface area contributed by atoms with Gasteiger partial charge in [0.15, 0.2) is 0 Å². The Kier molecular flexibility index (Phi) is 3.64. The molecule has 2 N–H and O–H groups in total. The summed E-state index contributed by atoms with van der Waals surface area (Å²) >= 11 is 7.85. The number of thiophene rings is 1. The van der Waals surface area contributed by atoms with E-state index >= 15 is 0 Å². The smallest absolute Gasteiger partial charge is 0.0441 e. The van der Waals surface area contributed by atoms with Crippen LogP contribution in [0.1, 0.15) is 22.7 Å². The van der Waals surface area contributed by atoms with Gasteiger partial charge in [0.25, 0.3) is 0 Å². The van der Waals surface area contributed by atoms with Crippen molar-refractivity contribution < 1.29 is 0 Å². The lowest BCUT2D eigenvalue weighted by Gasteiger charge is -2.11. The fraction of sp³-hybridized carbons (Fsp3) is 0.231.